The smallest absolute Gasteiger partial charge is 0.239 e. The summed E-state index contributed by atoms with van der Waals surface area (Å²) < 4.78 is 0. The van der Waals surface area contributed by atoms with Crippen LogP contribution in [-0.4, -0.2) is 54.5 Å². The second-order valence-corrected chi connectivity index (χ2v) is 8.21. The van der Waals surface area contributed by atoms with Gasteiger partial charge in [0.15, 0.2) is 0 Å². The zero-order valence-electron chi connectivity index (χ0n) is 15.4. The fourth-order valence-corrected chi connectivity index (χ4v) is 5.15. The molecule has 0 saturated carbocycles. The van der Waals surface area contributed by atoms with Gasteiger partial charge < -0.3 is 9.80 Å². The van der Waals surface area contributed by atoms with Crippen molar-refractivity contribution in [3.8, 4) is 0 Å². The van der Waals surface area contributed by atoms with Crippen LogP contribution in [0.3, 0.4) is 0 Å². The summed E-state index contributed by atoms with van der Waals surface area (Å²) in [5, 5.41) is 2.14. The molecule has 1 amide bonds. The van der Waals surface area contributed by atoms with Crippen LogP contribution in [0.5, 0.6) is 0 Å². The quantitative estimate of drug-likeness (QED) is 0.823. The Labute approximate surface area is 160 Å². The highest BCUT2D eigenvalue weighted by Gasteiger charge is 2.35. The van der Waals surface area contributed by atoms with Gasteiger partial charge in [0.25, 0.3) is 0 Å². The van der Waals surface area contributed by atoms with Gasteiger partial charge in [-0.3, -0.25) is 9.69 Å². The Hall–Kier alpha value is -1.85. The first-order valence-electron chi connectivity index (χ1n) is 9.62. The summed E-state index contributed by atoms with van der Waals surface area (Å²) >= 11 is 1.81. The molecule has 0 unspecified atom stereocenters. The van der Waals surface area contributed by atoms with E-state index < -0.39 is 0 Å². The van der Waals surface area contributed by atoms with E-state index in [1.165, 1.54) is 23.4 Å². The predicted octanol–water partition coefficient (Wildman–Crippen LogP) is 3.62. The maximum atomic E-state index is 13.1. The van der Waals surface area contributed by atoms with Crippen molar-refractivity contribution in [3.05, 3.63) is 52.7 Å². The van der Waals surface area contributed by atoms with Crippen LogP contribution in [0.1, 0.15) is 30.7 Å². The van der Waals surface area contributed by atoms with Gasteiger partial charge in [0.05, 0.1) is 6.04 Å². The largest absolute Gasteiger partial charge is 0.368 e. The Balaban J connectivity index is 1.37. The van der Waals surface area contributed by atoms with E-state index in [1.54, 1.807) is 0 Å². The van der Waals surface area contributed by atoms with E-state index in [0.717, 1.165) is 32.7 Å². The van der Waals surface area contributed by atoms with Crippen LogP contribution in [0.2, 0.25) is 0 Å². The summed E-state index contributed by atoms with van der Waals surface area (Å²) in [6.07, 6.45) is 2.35. The molecule has 2 aliphatic rings. The molecule has 3 heterocycles. The highest BCUT2D eigenvalue weighted by molar-refractivity contribution is 7.10. The van der Waals surface area contributed by atoms with Gasteiger partial charge in [0, 0.05) is 42.8 Å². The normalized spacial score (nSPS) is 22.6. The zero-order chi connectivity index (χ0) is 17.9. The number of rotatable bonds is 4. The second-order valence-electron chi connectivity index (χ2n) is 7.24. The average Bonchev–Trinajstić information content (AvgIpc) is 3.39. The fourth-order valence-electron chi connectivity index (χ4n) is 4.27. The number of benzene rings is 1. The van der Waals surface area contributed by atoms with Gasteiger partial charge >= 0.3 is 0 Å². The van der Waals surface area contributed by atoms with E-state index in [4.69, 9.17) is 0 Å². The van der Waals surface area contributed by atoms with E-state index in [0.29, 0.717) is 11.9 Å². The SMILES string of the molecule is C[C@H](C(=O)N1CCN(c2ccccc2)CC1)N1CCC[C@H]1c1cccs1. The van der Waals surface area contributed by atoms with Crippen molar-refractivity contribution in [1.29, 1.82) is 0 Å². The molecule has 1 aromatic heterocycles. The number of carbonyl (C=O) groups excluding carboxylic acids is 1. The van der Waals surface area contributed by atoms with Crippen LogP contribution in [0.15, 0.2) is 47.8 Å². The second kappa shape index (κ2) is 7.80. The van der Waals surface area contributed by atoms with Crippen LogP contribution in [-0.2, 0) is 4.79 Å². The third-order valence-electron chi connectivity index (χ3n) is 5.73. The molecule has 4 rings (SSSR count). The van der Waals surface area contributed by atoms with E-state index in [-0.39, 0.29) is 6.04 Å². The van der Waals surface area contributed by atoms with Gasteiger partial charge in [-0.05, 0) is 49.9 Å². The third-order valence-corrected chi connectivity index (χ3v) is 6.71. The van der Waals surface area contributed by atoms with Gasteiger partial charge in [0.2, 0.25) is 5.91 Å². The first-order valence-corrected chi connectivity index (χ1v) is 10.5. The van der Waals surface area contributed by atoms with Crippen LogP contribution >= 0.6 is 11.3 Å². The molecule has 1 aromatic carbocycles. The Morgan fingerprint density at radius 2 is 1.81 bits per heavy atom. The number of likely N-dealkylation sites (tertiary alicyclic amines) is 1. The number of nitrogens with zero attached hydrogens (tertiary/aromatic N) is 3. The molecule has 2 saturated heterocycles. The van der Waals surface area contributed by atoms with Crippen molar-refractivity contribution < 1.29 is 4.79 Å². The van der Waals surface area contributed by atoms with E-state index in [9.17, 15) is 4.79 Å². The average molecular weight is 370 g/mol. The minimum atomic E-state index is -0.0344. The van der Waals surface area contributed by atoms with Gasteiger partial charge in [-0.1, -0.05) is 24.3 Å². The molecule has 4 nitrogen and oxygen atoms in total. The molecule has 138 valence electrons. The number of amides is 1. The lowest BCUT2D eigenvalue weighted by Crippen LogP contribution is -2.54. The molecule has 0 spiro atoms. The minimum Gasteiger partial charge on any atom is -0.368 e. The number of hydrogen-bond acceptors (Lipinski definition) is 4. The topological polar surface area (TPSA) is 26.8 Å². The standard InChI is InChI=1S/C21H27N3OS/c1-17(24-11-5-9-19(24)20-10-6-16-26-20)21(25)23-14-12-22(13-15-23)18-7-3-2-4-8-18/h2-4,6-8,10,16-17,19H,5,9,11-15H2,1H3/t17-,19+/m1/s1. The van der Waals surface area contributed by atoms with E-state index >= 15 is 0 Å². The first-order chi connectivity index (χ1) is 12.7. The molecule has 0 bridgehead atoms. The summed E-state index contributed by atoms with van der Waals surface area (Å²) in [5.74, 6) is 0.293. The zero-order valence-corrected chi connectivity index (χ0v) is 16.2. The molecule has 2 aliphatic heterocycles. The number of piperazine rings is 1. The summed E-state index contributed by atoms with van der Waals surface area (Å²) in [4.78, 5) is 21.4. The first kappa shape index (κ1) is 17.6. The molecular formula is C21H27N3OS. The number of carbonyl (C=O) groups is 1. The lowest BCUT2D eigenvalue weighted by molar-refractivity contribution is -0.137. The molecule has 2 atom stereocenters. The Morgan fingerprint density at radius 1 is 1.04 bits per heavy atom. The van der Waals surface area contributed by atoms with Crippen molar-refractivity contribution in [1.82, 2.24) is 9.80 Å². The van der Waals surface area contributed by atoms with E-state index in [2.05, 4.69) is 63.4 Å². The monoisotopic (exact) mass is 369 g/mol. The number of anilines is 1. The number of hydrogen-bond donors (Lipinski definition) is 0. The summed E-state index contributed by atoms with van der Waals surface area (Å²) in [5.41, 5.74) is 1.25. The molecule has 0 N–H and O–H groups in total. The van der Waals surface area contributed by atoms with Crippen molar-refractivity contribution in [2.24, 2.45) is 0 Å². The number of para-hydroxylation sites is 1. The summed E-state index contributed by atoms with van der Waals surface area (Å²) in [6.45, 7) is 6.58. The predicted molar refractivity (Wildman–Crippen MR) is 108 cm³/mol. The van der Waals surface area contributed by atoms with Crippen molar-refractivity contribution in [3.63, 3.8) is 0 Å². The maximum absolute atomic E-state index is 13.1. The molecule has 2 fully saturated rings. The van der Waals surface area contributed by atoms with Crippen molar-refractivity contribution in [2.45, 2.75) is 31.8 Å². The lowest BCUT2D eigenvalue weighted by Gasteiger charge is -2.39. The van der Waals surface area contributed by atoms with Gasteiger partial charge in [-0.15, -0.1) is 11.3 Å². The Kier molecular flexibility index (Phi) is 5.27. The van der Waals surface area contributed by atoms with Gasteiger partial charge in [0.1, 0.15) is 0 Å². The van der Waals surface area contributed by atoms with Crippen LogP contribution in [0.25, 0.3) is 0 Å². The molecule has 2 aromatic rings. The highest BCUT2D eigenvalue weighted by atomic mass is 32.1. The highest BCUT2D eigenvalue weighted by Crippen LogP contribution is 2.36. The van der Waals surface area contributed by atoms with Crippen molar-refractivity contribution in [2.75, 3.05) is 37.6 Å². The van der Waals surface area contributed by atoms with Crippen LogP contribution < -0.4 is 4.90 Å². The Bertz CT molecular complexity index is 710. The summed E-state index contributed by atoms with van der Waals surface area (Å²) in [7, 11) is 0. The molecule has 0 radical (unpaired) electrons. The van der Waals surface area contributed by atoms with Crippen LogP contribution in [0.4, 0.5) is 5.69 Å². The van der Waals surface area contributed by atoms with Gasteiger partial charge in [-0.2, -0.15) is 0 Å². The van der Waals surface area contributed by atoms with E-state index in [1.807, 2.05) is 17.4 Å². The van der Waals surface area contributed by atoms with Crippen LogP contribution in [0, 0.1) is 0 Å². The lowest BCUT2D eigenvalue weighted by atomic mass is 10.1. The summed E-state index contributed by atoms with van der Waals surface area (Å²) in [6, 6.07) is 15.2. The molecular weight excluding hydrogens is 342 g/mol. The molecule has 5 heteroatoms. The minimum absolute atomic E-state index is 0.0344. The van der Waals surface area contributed by atoms with Gasteiger partial charge in [-0.25, -0.2) is 0 Å². The van der Waals surface area contributed by atoms with Crippen molar-refractivity contribution >= 4 is 22.9 Å². The third kappa shape index (κ3) is 3.51. The fraction of sp³-hybridized carbons (Fsp3) is 0.476. The molecule has 0 aliphatic carbocycles. The number of thiophene rings is 1. The molecule has 26 heavy (non-hydrogen) atoms. The Morgan fingerprint density at radius 3 is 2.50 bits per heavy atom. The maximum Gasteiger partial charge on any atom is 0.239 e.